The molecule has 0 amide bonds. The first-order valence-electron chi connectivity index (χ1n) is 5.55. The second kappa shape index (κ2) is 6.98. The molecule has 1 aromatic rings. The van der Waals surface area contributed by atoms with Gasteiger partial charge in [-0.15, -0.1) is 0 Å². The van der Waals surface area contributed by atoms with Crippen molar-refractivity contribution < 1.29 is 13.5 Å². The Morgan fingerprint density at radius 1 is 1.44 bits per heavy atom. The van der Waals surface area contributed by atoms with Crippen LogP contribution in [0.5, 0.6) is 0 Å². The highest BCUT2D eigenvalue weighted by Gasteiger charge is 2.15. The van der Waals surface area contributed by atoms with Crippen LogP contribution in [-0.2, 0) is 9.84 Å². The lowest BCUT2D eigenvalue weighted by molar-refractivity contribution is 0.161. The van der Waals surface area contributed by atoms with Crippen molar-refractivity contribution in [1.29, 1.82) is 0 Å². The molecule has 7 heteroatoms. The van der Waals surface area contributed by atoms with Gasteiger partial charge < -0.3 is 5.11 Å². The second-order valence-electron chi connectivity index (χ2n) is 3.91. The van der Waals surface area contributed by atoms with Crippen molar-refractivity contribution in [3.8, 4) is 0 Å². The molecule has 1 rings (SSSR count). The maximum Gasteiger partial charge on any atom is 0.150 e. The minimum absolute atomic E-state index is 0.106. The summed E-state index contributed by atoms with van der Waals surface area (Å²) in [5, 5.41) is 9.96. The van der Waals surface area contributed by atoms with Crippen LogP contribution in [0.2, 0.25) is 0 Å². The molecule has 0 saturated carbocycles. The zero-order chi connectivity index (χ0) is 13.8. The number of aliphatic hydroxyl groups excluding tert-OH is 1. The highest BCUT2D eigenvalue weighted by molar-refractivity contribution is 9.11. The Morgan fingerprint density at radius 3 is 2.67 bits per heavy atom. The SMILES string of the molecule is CCS(=O)(=O)CCCC(O)c1ncc(Br)cc1Br. The summed E-state index contributed by atoms with van der Waals surface area (Å²) in [4.78, 5) is 4.12. The van der Waals surface area contributed by atoms with Gasteiger partial charge >= 0.3 is 0 Å². The highest BCUT2D eigenvalue weighted by Crippen LogP contribution is 2.27. The van der Waals surface area contributed by atoms with Gasteiger partial charge in [0.2, 0.25) is 0 Å². The van der Waals surface area contributed by atoms with Gasteiger partial charge in [0.15, 0.2) is 0 Å². The van der Waals surface area contributed by atoms with E-state index in [1.807, 2.05) is 0 Å². The van der Waals surface area contributed by atoms with E-state index in [1.54, 1.807) is 19.2 Å². The number of aliphatic hydroxyl groups is 1. The number of aromatic nitrogens is 1. The monoisotopic (exact) mass is 399 g/mol. The average Bonchev–Trinajstić information content (AvgIpc) is 2.28. The van der Waals surface area contributed by atoms with E-state index in [4.69, 9.17) is 0 Å². The predicted octanol–water partition coefficient (Wildman–Crippen LogP) is 2.85. The van der Waals surface area contributed by atoms with E-state index in [9.17, 15) is 13.5 Å². The standard InChI is InChI=1S/C11H15Br2NO3S/c1-2-18(16,17)5-3-4-10(15)11-9(13)6-8(12)7-14-11/h6-7,10,15H,2-5H2,1H3. The predicted molar refractivity (Wildman–Crippen MR) is 78.2 cm³/mol. The molecule has 4 nitrogen and oxygen atoms in total. The molecule has 0 radical (unpaired) electrons. The molecule has 0 aliphatic rings. The average molecular weight is 401 g/mol. The first-order valence-corrected chi connectivity index (χ1v) is 8.96. The van der Waals surface area contributed by atoms with E-state index in [-0.39, 0.29) is 11.5 Å². The van der Waals surface area contributed by atoms with E-state index in [0.29, 0.717) is 23.0 Å². The third kappa shape index (κ3) is 4.95. The van der Waals surface area contributed by atoms with Crippen molar-refractivity contribution >= 4 is 41.7 Å². The highest BCUT2D eigenvalue weighted by atomic mass is 79.9. The van der Waals surface area contributed by atoms with Gasteiger partial charge in [0.05, 0.1) is 17.6 Å². The molecule has 1 atom stereocenters. The third-order valence-corrected chi connectivity index (χ3v) is 5.38. The first-order chi connectivity index (χ1) is 8.35. The number of nitrogens with zero attached hydrogens (tertiary/aromatic N) is 1. The molecule has 0 aliphatic carbocycles. The van der Waals surface area contributed by atoms with E-state index < -0.39 is 15.9 Å². The van der Waals surface area contributed by atoms with Crippen molar-refractivity contribution in [3.05, 3.63) is 26.9 Å². The minimum Gasteiger partial charge on any atom is -0.387 e. The van der Waals surface area contributed by atoms with Gasteiger partial charge in [-0.2, -0.15) is 0 Å². The number of hydrogen-bond donors (Lipinski definition) is 1. The fourth-order valence-corrected chi connectivity index (χ4v) is 3.59. The van der Waals surface area contributed by atoms with E-state index in [1.165, 1.54) is 0 Å². The number of sulfone groups is 1. The number of rotatable bonds is 6. The van der Waals surface area contributed by atoms with Crippen molar-refractivity contribution in [2.75, 3.05) is 11.5 Å². The largest absolute Gasteiger partial charge is 0.387 e. The Morgan fingerprint density at radius 2 is 2.11 bits per heavy atom. The maximum atomic E-state index is 11.3. The lowest BCUT2D eigenvalue weighted by Crippen LogP contribution is -2.10. The van der Waals surface area contributed by atoms with Crippen LogP contribution in [0.4, 0.5) is 0 Å². The van der Waals surface area contributed by atoms with Crippen LogP contribution in [0.25, 0.3) is 0 Å². The topological polar surface area (TPSA) is 67.3 Å². The Labute approximate surface area is 124 Å². The summed E-state index contributed by atoms with van der Waals surface area (Å²) in [5.41, 5.74) is 0.534. The van der Waals surface area contributed by atoms with Gasteiger partial charge in [-0.25, -0.2) is 8.42 Å². The van der Waals surface area contributed by atoms with Crippen LogP contribution in [-0.4, -0.2) is 30.0 Å². The molecule has 1 aromatic heterocycles. The molecule has 0 spiro atoms. The second-order valence-corrected chi connectivity index (χ2v) is 8.16. The Kier molecular flexibility index (Phi) is 6.23. The van der Waals surface area contributed by atoms with Gasteiger partial charge in [-0.3, -0.25) is 4.98 Å². The van der Waals surface area contributed by atoms with Crippen LogP contribution in [0.1, 0.15) is 31.6 Å². The summed E-state index contributed by atoms with van der Waals surface area (Å²) >= 11 is 6.60. The van der Waals surface area contributed by atoms with Crippen LogP contribution in [0.3, 0.4) is 0 Å². The number of hydrogen-bond acceptors (Lipinski definition) is 4. The smallest absolute Gasteiger partial charge is 0.150 e. The Hall–Kier alpha value is 0.0200. The fraction of sp³-hybridized carbons (Fsp3) is 0.545. The normalized spacial score (nSPS) is 13.6. The van der Waals surface area contributed by atoms with Gasteiger partial charge in [0, 0.05) is 20.9 Å². The molecule has 0 aromatic carbocycles. The van der Waals surface area contributed by atoms with Gasteiger partial charge in [0.1, 0.15) is 9.84 Å². The van der Waals surface area contributed by atoms with Crippen molar-refractivity contribution in [3.63, 3.8) is 0 Å². The Bertz CT molecular complexity index is 505. The van der Waals surface area contributed by atoms with Crippen LogP contribution in [0, 0.1) is 0 Å². The summed E-state index contributed by atoms with van der Waals surface area (Å²) in [6.07, 6.45) is 1.67. The summed E-state index contributed by atoms with van der Waals surface area (Å²) in [5.74, 6) is 0.248. The zero-order valence-corrected chi connectivity index (χ0v) is 13.9. The maximum absolute atomic E-state index is 11.3. The molecular weight excluding hydrogens is 386 g/mol. The number of halogens is 2. The third-order valence-electron chi connectivity index (χ3n) is 2.52. The van der Waals surface area contributed by atoms with E-state index in [0.717, 1.165) is 4.47 Å². The molecule has 0 fully saturated rings. The van der Waals surface area contributed by atoms with Gasteiger partial charge in [-0.1, -0.05) is 6.92 Å². The van der Waals surface area contributed by atoms with Crippen molar-refractivity contribution in [1.82, 2.24) is 4.98 Å². The summed E-state index contributed by atoms with van der Waals surface area (Å²) in [6.45, 7) is 1.62. The van der Waals surface area contributed by atoms with Gasteiger partial charge in [-0.05, 0) is 50.8 Å². The van der Waals surface area contributed by atoms with Gasteiger partial charge in [0.25, 0.3) is 0 Å². The fourth-order valence-electron chi connectivity index (χ4n) is 1.45. The number of pyridine rings is 1. The van der Waals surface area contributed by atoms with Crippen molar-refractivity contribution in [2.45, 2.75) is 25.9 Å². The van der Waals surface area contributed by atoms with Crippen LogP contribution >= 0.6 is 31.9 Å². The lowest BCUT2D eigenvalue weighted by Gasteiger charge is -2.11. The van der Waals surface area contributed by atoms with Crippen LogP contribution < -0.4 is 0 Å². The summed E-state index contributed by atoms with van der Waals surface area (Å²) in [6, 6.07) is 1.80. The molecule has 1 unspecified atom stereocenters. The van der Waals surface area contributed by atoms with E-state index in [2.05, 4.69) is 36.8 Å². The van der Waals surface area contributed by atoms with E-state index >= 15 is 0 Å². The quantitative estimate of drug-likeness (QED) is 0.797. The lowest BCUT2D eigenvalue weighted by atomic mass is 10.1. The molecule has 0 bridgehead atoms. The Balaban J connectivity index is 2.58. The molecule has 0 aliphatic heterocycles. The molecule has 102 valence electrons. The molecule has 0 saturated heterocycles. The molecule has 18 heavy (non-hydrogen) atoms. The summed E-state index contributed by atoms with van der Waals surface area (Å²) < 4.78 is 24.2. The summed E-state index contributed by atoms with van der Waals surface area (Å²) in [7, 11) is -2.96. The zero-order valence-electron chi connectivity index (χ0n) is 9.94. The van der Waals surface area contributed by atoms with Crippen LogP contribution in [0.15, 0.2) is 21.2 Å². The minimum atomic E-state index is -2.96. The molecule has 1 heterocycles. The molecule has 1 N–H and O–H groups in total. The molecular formula is C11H15Br2NO3S. The van der Waals surface area contributed by atoms with Crippen molar-refractivity contribution in [2.24, 2.45) is 0 Å². The first kappa shape index (κ1) is 16.1.